The summed E-state index contributed by atoms with van der Waals surface area (Å²) in [7, 11) is 0. The number of carbonyl (C=O) groups excluding carboxylic acids is 1. The van der Waals surface area contributed by atoms with Crippen LogP contribution in [0.2, 0.25) is 0 Å². The van der Waals surface area contributed by atoms with Crippen molar-refractivity contribution in [2.45, 2.75) is 26.8 Å². The second-order valence-electron chi connectivity index (χ2n) is 4.47. The van der Waals surface area contributed by atoms with Gasteiger partial charge in [-0.1, -0.05) is 0 Å². The lowest BCUT2D eigenvalue weighted by Crippen LogP contribution is -2.48. The number of rotatable bonds is 5. The third kappa shape index (κ3) is 3.00. The van der Waals surface area contributed by atoms with Crippen molar-refractivity contribution in [3.63, 3.8) is 0 Å². The summed E-state index contributed by atoms with van der Waals surface area (Å²) in [4.78, 5) is 22.0. The summed E-state index contributed by atoms with van der Waals surface area (Å²) in [5.41, 5.74) is 0. The van der Waals surface area contributed by atoms with Crippen LogP contribution in [-0.2, 0) is 9.59 Å². The Labute approximate surface area is 94.9 Å². The van der Waals surface area contributed by atoms with Gasteiger partial charge in [-0.05, 0) is 13.8 Å². The van der Waals surface area contributed by atoms with Gasteiger partial charge < -0.3 is 5.11 Å². The van der Waals surface area contributed by atoms with Gasteiger partial charge in [0.1, 0.15) is 0 Å². The lowest BCUT2D eigenvalue weighted by molar-refractivity contribution is -0.774. The van der Waals surface area contributed by atoms with Crippen molar-refractivity contribution in [2.24, 2.45) is 0 Å². The summed E-state index contributed by atoms with van der Waals surface area (Å²) >= 11 is 0. The van der Waals surface area contributed by atoms with E-state index in [4.69, 9.17) is 5.11 Å². The molecule has 0 saturated heterocycles. The quantitative estimate of drug-likeness (QED) is 0.545. The van der Waals surface area contributed by atoms with Crippen molar-refractivity contribution in [3.05, 3.63) is 12.4 Å². The van der Waals surface area contributed by atoms with Crippen molar-refractivity contribution in [2.75, 3.05) is 13.1 Å². The molecule has 0 bridgehead atoms. The molecule has 5 nitrogen and oxygen atoms in total. The van der Waals surface area contributed by atoms with E-state index in [1.54, 1.807) is 12.5 Å². The lowest BCUT2D eigenvalue weighted by atomic mass is 10.3. The third-order valence-corrected chi connectivity index (χ3v) is 2.44. The van der Waals surface area contributed by atoms with Crippen molar-refractivity contribution in [1.29, 1.82) is 0 Å². The minimum atomic E-state index is -0.909. The molecule has 5 heteroatoms. The molecule has 1 aliphatic heterocycles. The van der Waals surface area contributed by atoms with E-state index in [1.165, 1.54) is 6.92 Å². The molecule has 1 rings (SSSR count). The molecule has 1 unspecified atom stereocenters. The highest BCUT2D eigenvalue weighted by atomic mass is 16.4. The lowest BCUT2D eigenvalue weighted by Gasteiger charge is -2.20. The molecule has 0 saturated carbocycles. The first kappa shape index (κ1) is 12.6. The summed E-state index contributed by atoms with van der Waals surface area (Å²) in [5.74, 6) is -0.930. The number of carbonyl (C=O) groups is 2. The minimum Gasteiger partial charge on any atom is -0.477 e. The molecule has 16 heavy (non-hydrogen) atoms. The molecule has 0 amide bonds. The summed E-state index contributed by atoms with van der Waals surface area (Å²) in [5, 5.41) is 8.88. The van der Waals surface area contributed by atoms with Gasteiger partial charge >= 0.3 is 12.3 Å². The summed E-state index contributed by atoms with van der Waals surface area (Å²) in [6, 6.07) is 0.261. The van der Waals surface area contributed by atoms with E-state index < -0.39 is 5.97 Å². The number of aliphatic carboxylic acids is 1. The van der Waals surface area contributed by atoms with Crippen LogP contribution < -0.4 is 0 Å². The van der Waals surface area contributed by atoms with Crippen LogP contribution in [-0.4, -0.2) is 51.4 Å². The molecule has 1 heterocycles. The fraction of sp³-hybridized carbons (Fsp3) is 0.545. The van der Waals surface area contributed by atoms with Crippen molar-refractivity contribution >= 4 is 18.1 Å². The van der Waals surface area contributed by atoms with E-state index in [1.807, 2.05) is 24.6 Å². The molecule has 88 valence electrons. The molecule has 0 aromatic heterocycles. The predicted molar refractivity (Wildman–Crippen MR) is 58.9 cm³/mol. The Morgan fingerprint density at radius 1 is 1.38 bits per heavy atom. The molecule has 0 fully saturated rings. The molecule has 0 radical (unpaired) electrons. The largest absolute Gasteiger partial charge is 0.477 e. The van der Waals surface area contributed by atoms with E-state index in [2.05, 4.69) is 0 Å². The van der Waals surface area contributed by atoms with E-state index >= 15 is 0 Å². The maximum Gasteiger partial charge on any atom is 0.360 e. The molecule has 1 N–H and O–H groups in total. The Balaban J connectivity index is 2.95. The molecular formula is C11H18N2O3+2. The van der Waals surface area contributed by atoms with Gasteiger partial charge in [-0.15, -0.1) is 0 Å². The summed E-state index contributed by atoms with van der Waals surface area (Å²) in [6.07, 6.45) is 5.38. The minimum absolute atomic E-state index is 0.0206. The normalized spacial score (nSPS) is 23.6. The Morgan fingerprint density at radius 2 is 2.00 bits per heavy atom. The highest BCUT2D eigenvalue weighted by Crippen LogP contribution is 2.12. The van der Waals surface area contributed by atoms with Gasteiger partial charge in [0.2, 0.25) is 6.20 Å². The van der Waals surface area contributed by atoms with Gasteiger partial charge in [0.25, 0.3) is 0 Å². The highest BCUT2D eigenvalue weighted by molar-refractivity contribution is 5.78. The third-order valence-electron chi connectivity index (χ3n) is 2.44. The maximum atomic E-state index is 11.2. The zero-order chi connectivity index (χ0) is 12.3. The Hall–Kier alpha value is -1.49. The number of hydrogen-bond acceptors (Lipinski definition) is 2. The number of carboxylic acid groups (broad SMARTS) is 1. The Kier molecular flexibility index (Phi) is 3.59. The number of carboxylic acids is 1. The second-order valence-corrected chi connectivity index (χ2v) is 4.47. The SMILES string of the molecule is CC(=O)C[N+]1(CC(=O)O)C=C[N+](C(C)C)=C1. The topological polar surface area (TPSA) is 57.4 Å². The zero-order valence-electron chi connectivity index (χ0n) is 9.88. The van der Waals surface area contributed by atoms with E-state index in [9.17, 15) is 9.59 Å². The zero-order valence-corrected chi connectivity index (χ0v) is 9.88. The predicted octanol–water partition coefficient (Wildman–Crippen LogP) is 0.411. The standard InChI is InChI=1S/C11H17N2O3/c1-9(2)12-4-5-13(8-12,6-10(3)14)7-11(15)16/h4-5,8-9H,6-7H2,1-3H3/q+1/p+1. The molecule has 0 aliphatic carbocycles. The molecule has 0 aromatic rings. The summed E-state index contributed by atoms with van der Waals surface area (Å²) < 4.78 is 1.99. The maximum absolute atomic E-state index is 11.2. The van der Waals surface area contributed by atoms with Crippen LogP contribution in [0.4, 0.5) is 0 Å². The average molecular weight is 226 g/mol. The van der Waals surface area contributed by atoms with Crippen LogP contribution in [0, 0.1) is 0 Å². The van der Waals surface area contributed by atoms with Crippen LogP contribution in [0.5, 0.6) is 0 Å². The molecule has 0 aromatic carbocycles. The number of ketones is 1. The monoisotopic (exact) mass is 226 g/mol. The van der Waals surface area contributed by atoms with Crippen molar-refractivity contribution in [1.82, 2.24) is 0 Å². The van der Waals surface area contributed by atoms with Crippen LogP contribution in [0.3, 0.4) is 0 Å². The average Bonchev–Trinajstić information content (AvgIpc) is 2.46. The first-order valence-corrected chi connectivity index (χ1v) is 5.25. The van der Waals surface area contributed by atoms with Crippen molar-refractivity contribution < 1.29 is 23.8 Å². The van der Waals surface area contributed by atoms with Gasteiger partial charge in [0.05, 0.1) is 0 Å². The van der Waals surface area contributed by atoms with Crippen LogP contribution in [0.15, 0.2) is 12.4 Å². The fourth-order valence-electron chi connectivity index (χ4n) is 1.77. The molecular weight excluding hydrogens is 208 g/mol. The van der Waals surface area contributed by atoms with Gasteiger partial charge in [-0.2, -0.15) is 9.06 Å². The van der Waals surface area contributed by atoms with Gasteiger partial charge in [-0.3, -0.25) is 4.79 Å². The van der Waals surface area contributed by atoms with Gasteiger partial charge in [0.15, 0.2) is 31.1 Å². The Morgan fingerprint density at radius 3 is 2.38 bits per heavy atom. The van der Waals surface area contributed by atoms with Crippen LogP contribution in [0.25, 0.3) is 0 Å². The Bertz CT molecular complexity index is 353. The number of quaternary nitrogens is 1. The van der Waals surface area contributed by atoms with Gasteiger partial charge in [0, 0.05) is 6.92 Å². The van der Waals surface area contributed by atoms with E-state index in [-0.39, 0.29) is 29.4 Å². The smallest absolute Gasteiger partial charge is 0.360 e. The van der Waals surface area contributed by atoms with Gasteiger partial charge in [-0.25, -0.2) is 4.79 Å². The van der Waals surface area contributed by atoms with Crippen molar-refractivity contribution in [3.8, 4) is 0 Å². The fourth-order valence-corrected chi connectivity index (χ4v) is 1.77. The first-order chi connectivity index (χ1) is 7.34. The summed E-state index contributed by atoms with van der Waals surface area (Å²) in [6.45, 7) is 5.58. The number of Topliss-reactive ketones (excluding diaryl/α,β-unsaturated/α-hetero) is 1. The van der Waals surface area contributed by atoms with Crippen LogP contribution >= 0.6 is 0 Å². The van der Waals surface area contributed by atoms with E-state index in [0.717, 1.165) is 0 Å². The second kappa shape index (κ2) is 4.57. The first-order valence-electron chi connectivity index (χ1n) is 5.25. The molecule has 1 atom stereocenters. The van der Waals surface area contributed by atoms with Crippen LogP contribution in [0.1, 0.15) is 20.8 Å². The highest BCUT2D eigenvalue weighted by Gasteiger charge is 2.38. The number of nitrogens with zero attached hydrogens (tertiary/aromatic N) is 2. The van der Waals surface area contributed by atoms with E-state index in [0.29, 0.717) is 0 Å². The number of hydrogen-bond donors (Lipinski definition) is 1. The molecule has 1 aliphatic rings. The molecule has 0 spiro atoms.